The van der Waals surface area contributed by atoms with E-state index >= 15 is 0 Å². The minimum absolute atomic E-state index is 0.195. The van der Waals surface area contributed by atoms with Gasteiger partial charge >= 0.3 is 0 Å². The Morgan fingerprint density at radius 1 is 0.964 bits per heavy atom. The molecular formula is C25H16BrClO. The lowest BCUT2D eigenvalue weighted by Gasteiger charge is -2.45. The predicted octanol–water partition coefficient (Wildman–Crippen LogP) is 7.27. The van der Waals surface area contributed by atoms with Crippen molar-refractivity contribution in [2.75, 3.05) is 0 Å². The second-order valence-corrected chi connectivity index (χ2v) is 8.83. The lowest BCUT2D eigenvalue weighted by molar-refractivity contribution is 0.253. The summed E-state index contributed by atoms with van der Waals surface area (Å²) in [4.78, 5) is 0. The van der Waals surface area contributed by atoms with Crippen LogP contribution in [0.25, 0.3) is 11.1 Å². The molecule has 0 fully saturated rings. The molecule has 3 aliphatic rings. The van der Waals surface area contributed by atoms with Crippen LogP contribution in [-0.4, -0.2) is 0 Å². The van der Waals surface area contributed by atoms with Crippen LogP contribution in [0.1, 0.15) is 23.1 Å². The first-order valence-electron chi connectivity index (χ1n) is 9.44. The van der Waals surface area contributed by atoms with E-state index in [4.69, 9.17) is 16.3 Å². The molecule has 28 heavy (non-hydrogen) atoms. The van der Waals surface area contributed by atoms with Gasteiger partial charge in [0.15, 0.2) is 0 Å². The van der Waals surface area contributed by atoms with E-state index in [-0.39, 0.29) is 11.3 Å². The van der Waals surface area contributed by atoms with Gasteiger partial charge in [0.25, 0.3) is 0 Å². The van der Waals surface area contributed by atoms with Gasteiger partial charge in [-0.3, -0.25) is 0 Å². The Morgan fingerprint density at radius 2 is 1.82 bits per heavy atom. The first-order chi connectivity index (χ1) is 13.7. The molecule has 0 aromatic heterocycles. The van der Waals surface area contributed by atoms with Crippen LogP contribution in [0, 0.1) is 5.92 Å². The van der Waals surface area contributed by atoms with E-state index in [0.717, 1.165) is 27.4 Å². The van der Waals surface area contributed by atoms with Crippen molar-refractivity contribution in [1.29, 1.82) is 0 Å². The molecular weight excluding hydrogens is 432 g/mol. The van der Waals surface area contributed by atoms with E-state index < -0.39 is 0 Å². The Morgan fingerprint density at radius 3 is 2.75 bits per heavy atom. The second kappa shape index (κ2) is 5.85. The summed E-state index contributed by atoms with van der Waals surface area (Å²) in [5, 5.41) is 0.767. The van der Waals surface area contributed by atoms with Crippen LogP contribution < -0.4 is 4.74 Å². The monoisotopic (exact) mass is 446 g/mol. The number of hydrogen-bond acceptors (Lipinski definition) is 1. The second-order valence-electron chi connectivity index (χ2n) is 7.54. The molecule has 2 unspecified atom stereocenters. The highest BCUT2D eigenvalue weighted by atomic mass is 79.9. The molecule has 1 nitrogen and oxygen atoms in total. The minimum atomic E-state index is -0.315. The van der Waals surface area contributed by atoms with E-state index in [0.29, 0.717) is 0 Å². The van der Waals surface area contributed by atoms with E-state index in [1.807, 2.05) is 12.1 Å². The van der Waals surface area contributed by atoms with Gasteiger partial charge in [0.1, 0.15) is 11.5 Å². The fourth-order valence-electron chi connectivity index (χ4n) is 5.30. The molecule has 0 radical (unpaired) electrons. The lowest BCUT2D eigenvalue weighted by Crippen LogP contribution is -2.42. The molecule has 3 aromatic carbocycles. The number of para-hydroxylation sites is 1. The molecule has 0 saturated carbocycles. The number of ether oxygens (including phenoxy) is 1. The van der Waals surface area contributed by atoms with Gasteiger partial charge in [-0.1, -0.05) is 76.1 Å². The molecule has 3 aromatic rings. The third-order valence-corrected chi connectivity index (χ3v) is 7.18. The molecule has 6 rings (SSSR count). The van der Waals surface area contributed by atoms with E-state index in [9.17, 15) is 0 Å². The summed E-state index contributed by atoms with van der Waals surface area (Å²) in [6.07, 6.45) is 7.39. The van der Waals surface area contributed by atoms with Gasteiger partial charge < -0.3 is 4.74 Å². The van der Waals surface area contributed by atoms with Gasteiger partial charge in [-0.05, 0) is 53.5 Å². The average molecular weight is 448 g/mol. The highest BCUT2D eigenvalue weighted by Crippen LogP contribution is 2.64. The van der Waals surface area contributed by atoms with Crippen LogP contribution in [0.15, 0.2) is 89.1 Å². The number of fused-ring (bicyclic) bond motifs is 9. The Labute approximate surface area is 177 Å². The Bertz CT molecular complexity index is 1210. The van der Waals surface area contributed by atoms with Crippen molar-refractivity contribution in [2.24, 2.45) is 5.92 Å². The summed E-state index contributed by atoms with van der Waals surface area (Å²) in [6.45, 7) is 0. The summed E-state index contributed by atoms with van der Waals surface area (Å²) in [5.41, 5.74) is 6.00. The molecule has 0 bridgehead atoms. The number of benzene rings is 3. The predicted molar refractivity (Wildman–Crippen MR) is 117 cm³/mol. The standard InChI is InChI=1S/C25H16BrClO/c26-21-9-5-8-19-24(21)16-13-12-15(27)14-20(16)25(19)17-6-1-3-10-22(17)28-23-11-4-2-7-18(23)25/h1-6,8-14,18H,7H2. The maximum atomic E-state index is 6.54. The van der Waals surface area contributed by atoms with Gasteiger partial charge in [-0.15, -0.1) is 0 Å². The summed E-state index contributed by atoms with van der Waals surface area (Å²) < 4.78 is 7.50. The van der Waals surface area contributed by atoms with Gasteiger partial charge in [0.05, 0.1) is 5.41 Å². The zero-order chi connectivity index (χ0) is 18.9. The SMILES string of the molecule is Clc1ccc2c(c1)C1(c3ccccc3OC3=CC=CCC31)c1cccc(Br)c1-2. The highest BCUT2D eigenvalue weighted by molar-refractivity contribution is 9.10. The number of allylic oxidation sites excluding steroid dienone is 4. The van der Waals surface area contributed by atoms with Crippen LogP contribution >= 0.6 is 27.5 Å². The van der Waals surface area contributed by atoms with Crippen LogP contribution in [0.3, 0.4) is 0 Å². The molecule has 0 N–H and O–H groups in total. The molecule has 3 heteroatoms. The fourth-order valence-corrected chi connectivity index (χ4v) is 6.05. The largest absolute Gasteiger partial charge is 0.461 e. The molecule has 2 aliphatic carbocycles. The first-order valence-corrected chi connectivity index (χ1v) is 10.6. The van der Waals surface area contributed by atoms with Crippen molar-refractivity contribution in [3.05, 3.63) is 111 Å². The third-order valence-electron chi connectivity index (χ3n) is 6.29. The maximum Gasteiger partial charge on any atom is 0.131 e. The number of halogens is 2. The van der Waals surface area contributed by atoms with Crippen molar-refractivity contribution < 1.29 is 4.74 Å². The van der Waals surface area contributed by atoms with Crippen molar-refractivity contribution in [3.63, 3.8) is 0 Å². The van der Waals surface area contributed by atoms with Crippen LogP contribution in [0.4, 0.5) is 0 Å². The van der Waals surface area contributed by atoms with E-state index in [1.165, 1.54) is 27.8 Å². The minimum Gasteiger partial charge on any atom is -0.461 e. The van der Waals surface area contributed by atoms with Gasteiger partial charge in [-0.25, -0.2) is 0 Å². The molecule has 1 aliphatic heterocycles. The van der Waals surface area contributed by atoms with Crippen molar-refractivity contribution >= 4 is 27.5 Å². The summed E-state index contributed by atoms with van der Waals surface area (Å²) >= 11 is 10.4. The normalized spacial score (nSPS) is 23.4. The average Bonchev–Trinajstić information content (AvgIpc) is 3.00. The summed E-state index contributed by atoms with van der Waals surface area (Å²) in [5.74, 6) is 2.15. The smallest absolute Gasteiger partial charge is 0.131 e. The van der Waals surface area contributed by atoms with Crippen molar-refractivity contribution in [3.8, 4) is 16.9 Å². The molecule has 1 heterocycles. The third kappa shape index (κ3) is 1.97. The Kier molecular flexibility index (Phi) is 3.48. The first kappa shape index (κ1) is 16.6. The van der Waals surface area contributed by atoms with Gasteiger partial charge in [0.2, 0.25) is 0 Å². The van der Waals surface area contributed by atoms with Crippen LogP contribution in [0.5, 0.6) is 5.75 Å². The van der Waals surface area contributed by atoms with Gasteiger partial charge in [-0.2, -0.15) is 0 Å². The van der Waals surface area contributed by atoms with E-state index in [1.54, 1.807) is 0 Å². The zero-order valence-electron chi connectivity index (χ0n) is 15.0. The fraction of sp³-hybridized carbons (Fsp3) is 0.120. The summed E-state index contributed by atoms with van der Waals surface area (Å²) in [7, 11) is 0. The van der Waals surface area contributed by atoms with Gasteiger partial charge in [0, 0.05) is 26.5 Å². The summed E-state index contributed by atoms with van der Waals surface area (Å²) in [6, 6.07) is 21.3. The van der Waals surface area contributed by atoms with Crippen molar-refractivity contribution in [1.82, 2.24) is 0 Å². The molecule has 136 valence electrons. The maximum absolute atomic E-state index is 6.54. The lowest BCUT2D eigenvalue weighted by atomic mass is 9.60. The number of hydrogen-bond donors (Lipinski definition) is 0. The highest BCUT2D eigenvalue weighted by Gasteiger charge is 2.55. The van der Waals surface area contributed by atoms with E-state index in [2.05, 4.69) is 82.7 Å². The van der Waals surface area contributed by atoms with Crippen molar-refractivity contribution in [2.45, 2.75) is 11.8 Å². The van der Waals surface area contributed by atoms with Crippen LogP contribution in [-0.2, 0) is 5.41 Å². The molecule has 1 spiro atoms. The number of rotatable bonds is 0. The molecule has 0 amide bonds. The molecule has 2 atom stereocenters. The topological polar surface area (TPSA) is 9.23 Å². The molecule has 0 saturated heterocycles. The Hall–Kier alpha value is -2.29. The quantitative estimate of drug-likeness (QED) is 0.352. The van der Waals surface area contributed by atoms with Crippen LogP contribution in [0.2, 0.25) is 5.02 Å². The Balaban J connectivity index is 1.82. The zero-order valence-corrected chi connectivity index (χ0v) is 17.3.